The van der Waals surface area contributed by atoms with E-state index in [1.54, 1.807) is 16.2 Å². The zero-order chi connectivity index (χ0) is 22.5. The fourth-order valence-corrected chi connectivity index (χ4v) is 4.99. The van der Waals surface area contributed by atoms with Gasteiger partial charge in [-0.1, -0.05) is 38.8 Å². The van der Waals surface area contributed by atoms with Gasteiger partial charge in [0.2, 0.25) is 12.7 Å². The average molecular weight is 458 g/mol. The average Bonchev–Trinajstić information content (AvgIpc) is 3.55. The van der Waals surface area contributed by atoms with Gasteiger partial charge in [0.25, 0.3) is 0 Å². The zero-order valence-electron chi connectivity index (χ0n) is 18.7. The van der Waals surface area contributed by atoms with Crippen molar-refractivity contribution in [1.29, 1.82) is 0 Å². The topological polar surface area (TPSA) is 71.1 Å². The van der Waals surface area contributed by atoms with Gasteiger partial charge in [0, 0.05) is 18.0 Å². The fraction of sp³-hybridized carbons (Fsp3) is 0.500. The molecule has 1 fully saturated rings. The van der Waals surface area contributed by atoms with Gasteiger partial charge >= 0.3 is 6.03 Å². The lowest BCUT2D eigenvalue weighted by atomic mass is 10.0. The number of carbonyl (C=O) groups is 2. The Balaban J connectivity index is 1.46. The summed E-state index contributed by atoms with van der Waals surface area (Å²) in [6.45, 7) is 6.19. The van der Waals surface area contributed by atoms with Crippen LogP contribution in [-0.2, 0) is 11.3 Å². The maximum Gasteiger partial charge on any atom is 0.321 e. The molecule has 3 heterocycles. The lowest BCUT2D eigenvalue weighted by molar-refractivity contribution is -0.126. The SMILES string of the molecule is CCCCC(C(=O)NC(CC)c1ccc2c(c1)OCO2)N1CCN(Cc2cccs2)C1=O. The summed E-state index contributed by atoms with van der Waals surface area (Å²) in [5.74, 6) is 1.34. The summed E-state index contributed by atoms with van der Waals surface area (Å²) >= 11 is 1.65. The van der Waals surface area contributed by atoms with Gasteiger partial charge in [-0.05, 0) is 42.0 Å². The third kappa shape index (κ3) is 4.85. The zero-order valence-corrected chi connectivity index (χ0v) is 19.5. The lowest BCUT2D eigenvalue weighted by Gasteiger charge is -2.29. The first-order valence-corrected chi connectivity index (χ1v) is 12.3. The molecule has 8 heteroatoms. The van der Waals surface area contributed by atoms with Crippen LogP contribution in [0.1, 0.15) is 56.0 Å². The van der Waals surface area contributed by atoms with Crippen LogP contribution in [0.3, 0.4) is 0 Å². The highest BCUT2D eigenvalue weighted by molar-refractivity contribution is 7.09. The van der Waals surface area contributed by atoms with E-state index >= 15 is 0 Å². The quantitative estimate of drug-likeness (QED) is 0.569. The molecule has 0 spiro atoms. The largest absolute Gasteiger partial charge is 0.454 e. The van der Waals surface area contributed by atoms with Gasteiger partial charge in [-0.2, -0.15) is 0 Å². The first-order valence-electron chi connectivity index (χ1n) is 11.4. The van der Waals surface area contributed by atoms with Crippen molar-refractivity contribution < 1.29 is 19.1 Å². The number of nitrogens with one attached hydrogen (secondary N) is 1. The summed E-state index contributed by atoms with van der Waals surface area (Å²) < 4.78 is 10.9. The normalized spacial score (nSPS) is 17.0. The van der Waals surface area contributed by atoms with Gasteiger partial charge in [0.1, 0.15) is 6.04 Å². The maximum absolute atomic E-state index is 13.4. The summed E-state index contributed by atoms with van der Waals surface area (Å²) in [4.78, 5) is 31.3. The van der Waals surface area contributed by atoms with Crippen LogP contribution < -0.4 is 14.8 Å². The molecule has 0 bridgehead atoms. The second-order valence-corrected chi connectivity index (χ2v) is 9.25. The molecule has 2 aromatic rings. The van der Waals surface area contributed by atoms with Crippen molar-refractivity contribution in [2.75, 3.05) is 19.9 Å². The number of hydrogen-bond acceptors (Lipinski definition) is 5. The van der Waals surface area contributed by atoms with Crippen LogP contribution >= 0.6 is 11.3 Å². The minimum atomic E-state index is -0.459. The van der Waals surface area contributed by atoms with Gasteiger partial charge in [-0.15, -0.1) is 11.3 Å². The van der Waals surface area contributed by atoms with E-state index in [-0.39, 0.29) is 24.8 Å². The van der Waals surface area contributed by atoms with Crippen LogP contribution in [0, 0.1) is 0 Å². The standard InChI is InChI=1S/C24H31N3O4S/c1-3-5-8-20(27-12-11-26(24(27)29)15-18-7-6-13-32-18)23(28)25-19(4-2)17-9-10-21-22(14-17)31-16-30-21/h6-7,9-10,13-14,19-20H,3-5,8,11-12,15-16H2,1-2H3,(H,25,28). The Kier molecular flexibility index (Phi) is 7.19. The Morgan fingerprint density at radius 3 is 2.78 bits per heavy atom. The first-order chi connectivity index (χ1) is 15.6. The minimum Gasteiger partial charge on any atom is -0.454 e. The number of ether oxygens (including phenoxy) is 2. The van der Waals surface area contributed by atoms with Gasteiger partial charge in [0.05, 0.1) is 12.6 Å². The summed E-state index contributed by atoms with van der Waals surface area (Å²) in [5.41, 5.74) is 0.978. The van der Waals surface area contributed by atoms with Crippen molar-refractivity contribution in [2.45, 2.75) is 58.2 Å². The van der Waals surface area contributed by atoms with E-state index in [1.807, 2.05) is 47.5 Å². The predicted octanol–water partition coefficient (Wildman–Crippen LogP) is 4.54. The Hall–Kier alpha value is -2.74. The molecule has 3 amide bonds. The molecule has 4 rings (SSSR count). The second kappa shape index (κ2) is 10.3. The van der Waals surface area contributed by atoms with Gasteiger partial charge in [0.15, 0.2) is 11.5 Å². The number of amides is 3. The Bertz CT molecular complexity index is 933. The first kappa shape index (κ1) is 22.5. The van der Waals surface area contributed by atoms with Gasteiger partial charge in [-0.25, -0.2) is 4.79 Å². The molecule has 1 saturated heterocycles. The smallest absolute Gasteiger partial charge is 0.321 e. The maximum atomic E-state index is 13.4. The molecule has 2 atom stereocenters. The summed E-state index contributed by atoms with van der Waals surface area (Å²) in [7, 11) is 0. The third-order valence-electron chi connectivity index (χ3n) is 6.09. The van der Waals surface area contributed by atoms with E-state index in [1.165, 1.54) is 0 Å². The monoisotopic (exact) mass is 457 g/mol. The molecule has 2 unspecified atom stereocenters. The number of urea groups is 1. The van der Waals surface area contributed by atoms with Crippen LogP contribution in [0.25, 0.3) is 0 Å². The number of nitrogens with zero attached hydrogens (tertiary/aromatic N) is 2. The van der Waals surface area contributed by atoms with Crippen molar-refractivity contribution in [1.82, 2.24) is 15.1 Å². The number of rotatable bonds is 10. The van der Waals surface area contributed by atoms with Crippen molar-refractivity contribution in [3.05, 3.63) is 46.2 Å². The molecule has 7 nitrogen and oxygen atoms in total. The molecular formula is C24H31N3O4S. The number of thiophene rings is 1. The molecule has 32 heavy (non-hydrogen) atoms. The molecule has 0 saturated carbocycles. The number of carbonyl (C=O) groups excluding carboxylic acids is 2. The number of fused-ring (bicyclic) bond motifs is 1. The van der Waals surface area contributed by atoms with E-state index in [0.29, 0.717) is 31.8 Å². The van der Waals surface area contributed by atoms with E-state index < -0.39 is 6.04 Å². The molecule has 2 aliphatic heterocycles. The van der Waals surface area contributed by atoms with Crippen molar-refractivity contribution in [3.63, 3.8) is 0 Å². The highest BCUT2D eigenvalue weighted by Gasteiger charge is 2.37. The van der Waals surface area contributed by atoms with E-state index in [2.05, 4.69) is 12.2 Å². The van der Waals surface area contributed by atoms with Crippen LogP contribution in [0.5, 0.6) is 11.5 Å². The molecule has 2 aliphatic rings. The number of unbranched alkanes of at least 4 members (excludes halogenated alkanes) is 1. The lowest BCUT2D eigenvalue weighted by Crippen LogP contribution is -2.49. The summed E-state index contributed by atoms with van der Waals surface area (Å²) in [5, 5.41) is 5.22. The Morgan fingerprint density at radius 1 is 1.19 bits per heavy atom. The van der Waals surface area contributed by atoms with Gasteiger partial charge in [-0.3, -0.25) is 4.79 Å². The summed E-state index contributed by atoms with van der Waals surface area (Å²) in [6, 6.07) is 9.16. The van der Waals surface area contributed by atoms with Crippen LogP contribution in [-0.4, -0.2) is 47.7 Å². The fourth-order valence-electron chi connectivity index (χ4n) is 4.27. The Labute approximate surface area is 193 Å². The Morgan fingerprint density at radius 2 is 2.03 bits per heavy atom. The highest BCUT2D eigenvalue weighted by atomic mass is 32.1. The molecule has 0 radical (unpaired) electrons. The molecule has 1 aromatic heterocycles. The highest BCUT2D eigenvalue weighted by Crippen LogP contribution is 2.35. The van der Waals surface area contributed by atoms with E-state index in [4.69, 9.17) is 9.47 Å². The number of hydrogen-bond donors (Lipinski definition) is 1. The van der Waals surface area contributed by atoms with Crippen molar-refractivity contribution in [3.8, 4) is 11.5 Å². The van der Waals surface area contributed by atoms with E-state index in [9.17, 15) is 9.59 Å². The number of benzene rings is 1. The second-order valence-electron chi connectivity index (χ2n) is 8.22. The molecular weight excluding hydrogens is 426 g/mol. The molecule has 1 aromatic carbocycles. The predicted molar refractivity (Wildman–Crippen MR) is 124 cm³/mol. The molecule has 172 valence electrons. The van der Waals surface area contributed by atoms with Crippen molar-refractivity contribution >= 4 is 23.3 Å². The van der Waals surface area contributed by atoms with Gasteiger partial charge < -0.3 is 24.6 Å². The summed E-state index contributed by atoms with van der Waals surface area (Å²) in [6.07, 6.45) is 3.28. The minimum absolute atomic E-state index is 0.0502. The van der Waals surface area contributed by atoms with Crippen LogP contribution in [0.15, 0.2) is 35.7 Å². The van der Waals surface area contributed by atoms with Crippen molar-refractivity contribution in [2.24, 2.45) is 0 Å². The van der Waals surface area contributed by atoms with E-state index in [0.717, 1.165) is 35.5 Å². The molecule has 0 aliphatic carbocycles. The van der Waals surface area contributed by atoms with Crippen LogP contribution in [0.4, 0.5) is 4.79 Å². The molecule has 1 N–H and O–H groups in total. The van der Waals surface area contributed by atoms with Crippen LogP contribution in [0.2, 0.25) is 0 Å². The third-order valence-corrected chi connectivity index (χ3v) is 6.95.